The molecule has 5 rings (SSSR count). The van der Waals surface area contributed by atoms with Crippen LogP contribution in [0.15, 0.2) is 89.8 Å². The third-order valence-corrected chi connectivity index (χ3v) is 7.61. The Kier molecular flexibility index (Phi) is 7.80. The van der Waals surface area contributed by atoms with Gasteiger partial charge in [-0.2, -0.15) is 0 Å². The number of nitrogens with zero attached hydrogens (tertiary/aromatic N) is 2. The Balaban J connectivity index is 1.45. The van der Waals surface area contributed by atoms with Crippen LogP contribution in [0, 0.1) is 6.92 Å². The Morgan fingerprint density at radius 2 is 1.50 bits per heavy atom. The average molecular weight is 586 g/mol. The first-order valence-electron chi connectivity index (χ1n) is 12.7. The molecule has 4 N–H and O–H groups in total. The molecule has 11 nitrogen and oxygen atoms in total. The van der Waals surface area contributed by atoms with Gasteiger partial charge in [-0.15, -0.1) is 0 Å². The van der Waals surface area contributed by atoms with Crippen LogP contribution in [-0.2, 0) is 10.0 Å². The molecule has 5 aromatic rings. The van der Waals surface area contributed by atoms with Crippen LogP contribution in [-0.4, -0.2) is 43.6 Å². The van der Waals surface area contributed by atoms with Crippen LogP contribution in [0.2, 0.25) is 0 Å². The lowest BCUT2D eigenvalue weighted by atomic mass is 10.1. The van der Waals surface area contributed by atoms with Gasteiger partial charge in [0, 0.05) is 35.1 Å². The maximum atomic E-state index is 13.5. The highest BCUT2D eigenvalue weighted by molar-refractivity contribution is 7.92. The van der Waals surface area contributed by atoms with E-state index in [1.165, 1.54) is 37.4 Å². The highest BCUT2D eigenvalue weighted by atomic mass is 32.2. The minimum absolute atomic E-state index is 0.0589. The summed E-state index contributed by atoms with van der Waals surface area (Å²) in [6.45, 7) is 1.78. The van der Waals surface area contributed by atoms with Crippen molar-refractivity contribution in [2.24, 2.45) is 0 Å². The third kappa shape index (κ3) is 6.18. The number of aromatic nitrogens is 2. The van der Waals surface area contributed by atoms with Gasteiger partial charge in [0.05, 0.1) is 30.1 Å². The van der Waals surface area contributed by atoms with Gasteiger partial charge in [0.15, 0.2) is 11.6 Å². The van der Waals surface area contributed by atoms with Crippen LogP contribution in [0.4, 0.5) is 23.0 Å². The predicted octanol–water partition coefficient (Wildman–Crippen LogP) is 5.46. The first-order valence-corrected chi connectivity index (χ1v) is 14.1. The summed E-state index contributed by atoms with van der Waals surface area (Å²) in [4.78, 5) is 21.9. The van der Waals surface area contributed by atoms with Crippen molar-refractivity contribution >= 4 is 50.0 Å². The van der Waals surface area contributed by atoms with Crippen molar-refractivity contribution in [2.75, 3.05) is 29.6 Å². The molecule has 0 bridgehead atoms. The zero-order valence-electron chi connectivity index (χ0n) is 22.9. The van der Waals surface area contributed by atoms with Crippen LogP contribution in [0.1, 0.15) is 15.9 Å². The number of ether oxygens (including phenoxy) is 2. The zero-order chi connectivity index (χ0) is 29.9. The molecule has 0 spiro atoms. The lowest BCUT2D eigenvalue weighted by Gasteiger charge is -2.15. The molecule has 42 heavy (non-hydrogen) atoms. The number of hydrogen-bond acceptors (Lipinski definition) is 9. The monoisotopic (exact) mass is 585 g/mol. The summed E-state index contributed by atoms with van der Waals surface area (Å²) in [7, 11) is -1.19. The van der Waals surface area contributed by atoms with Crippen molar-refractivity contribution < 1.29 is 27.8 Å². The standard InChI is InChI=1S/C30H27N5O6S/c1-18-13-22(40-2)11-12-25(18)30(37)32-19-7-6-8-24(16-19)42(38,39)35-29-28(33-26-9-4-5-10-27(26)34-29)31-20-14-21(36)17-23(15-20)41-3/h4-17,36H,1-3H3,(H,31,33)(H,32,37)(H,34,35). The summed E-state index contributed by atoms with van der Waals surface area (Å²) in [6.07, 6.45) is 0. The van der Waals surface area contributed by atoms with Gasteiger partial charge in [-0.05, 0) is 61.0 Å². The molecule has 0 saturated carbocycles. The van der Waals surface area contributed by atoms with Gasteiger partial charge >= 0.3 is 0 Å². The Labute approximate surface area is 242 Å². The van der Waals surface area contributed by atoms with Crippen molar-refractivity contribution in [1.29, 1.82) is 0 Å². The van der Waals surface area contributed by atoms with Crippen LogP contribution in [0.25, 0.3) is 11.0 Å². The molecule has 1 heterocycles. The van der Waals surface area contributed by atoms with Crippen LogP contribution in [0.5, 0.6) is 17.2 Å². The molecular formula is C30H27N5O6S. The molecule has 214 valence electrons. The number of nitrogens with one attached hydrogen (secondary N) is 3. The number of anilines is 4. The number of sulfonamides is 1. The number of phenolic OH excluding ortho intramolecular Hbond substituents is 1. The fourth-order valence-electron chi connectivity index (χ4n) is 4.21. The maximum absolute atomic E-state index is 13.5. The minimum atomic E-state index is -4.19. The molecule has 0 unspecified atom stereocenters. The minimum Gasteiger partial charge on any atom is -0.508 e. The number of phenols is 1. The fourth-order valence-corrected chi connectivity index (χ4v) is 5.27. The van der Waals surface area contributed by atoms with Crippen LogP contribution in [0.3, 0.4) is 0 Å². The molecule has 4 aromatic carbocycles. The first-order chi connectivity index (χ1) is 20.1. The molecular weight excluding hydrogens is 558 g/mol. The maximum Gasteiger partial charge on any atom is 0.263 e. The summed E-state index contributed by atoms with van der Waals surface area (Å²) in [5.74, 6) is 0.584. The van der Waals surface area contributed by atoms with E-state index in [9.17, 15) is 18.3 Å². The fraction of sp³-hybridized carbons (Fsp3) is 0.100. The van der Waals surface area contributed by atoms with Crippen molar-refractivity contribution in [3.05, 3.63) is 96.1 Å². The molecule has 0 aliphatic heterocycles. The molecule has 0 radical (unpaired) electrons. The number of hydrogen-bond donors (Lipinski definition) is 4. The number of aryl methyl sites for hydroxylation is 1. The summed E-state index contributed by atoms with van der Waals surface area (Å²) in [6, 6.07) is 22.4. The van der Waals surface area contributed by atoms with E-state index in [4.69, 9.17) is 9.47 Å². The Hall–Kier alpha value is -5.36. The second-order valence-electron chi connectivity index (χ2n) is 9.22. The predicted molar refractivity (Wildman–Crippen MR) is 160 cm³/mol. The number of methoxy groups -OCH3 is 2. The number of aromatic hydroxyl groups is 1. The van der Waals surface area contributed by atoms with E-state index < -0.39 is 15.9 Å². The number of fused-ring (bicyclic) bond motifs is 1. The number of amides is 1. The molecule has 12 heteroatoms. The Morgan fingerprint density at radius 3 is 2.19 bits per heavy atom. The van der Waals surface area contributed by atoms with Gasteiger partial charge in [0.2, 0.25) is 0 Å². The molecule has 1 aromatic heterocycles. The highest BCUT2D eigenvalue weighted by Gasteiger charge is 2.21. The van der Waals surface area contributed by atoms with Gasteiger partial charge in [0.1, 0.15) is 17.2 Å². The average Bonchev–Trinajstić information content (AvgIpc) is 2.97. The van der Waals surface area contributed by atoms with Gasteiger partial charge in [-0.1, -0.05) is 18.2 Å². The summed E-state index contributed by atoms with van der Waals surface area (Å²) in [5, 5.41) is 15.8. The molecule has 0 atom stereocenters. The number of carbonyl (C=O) groups excluding carboxylic acids is 1. The number of rotatable bonds is 9. The lowest BCUT2D eigenvalue weighted by molar-refractivity contribution is 0.102. The zero-order valence-corrected chi connectivity index (χ0v) is 23.7. The quantitative estimate of drug-likeness (QED) is 0.177. The van der Waals surface area contributed by atoms with Crippen LogP contribution >= 0.6 is 0 Å². The van der Waals surface area contributed by atoms with Gasteiger partial charge < -0.3 is 25.2 Å². The SMILES string of the molecule is COc1cc(O)cc(Nc2nc3ccccc3nc2NS(=O)(=O)c2cccc(NC(=O)c3ccc(OC)cc3C)c2)c1. The molecule has 0 aliphatic carbocycles. The van der Waals surface area contributed by atoms with E-state index in [1.54, 1.807) is 68.6 Å². The smallest absolute Gasteiger partial charge is 0.263 e. The summed E-state index contributed by atoms with van der Waals surface area (Å²) >= 11 is 0. The topological polar surface area (TPSA) is 152 Å². The highest BCUT2D eigenvalue weighted by Crippen LogP contribution is 2.31. The number of benzene rings is 4. The lowest BCUT2D eigenvalue weighted by Crippen LogP contribution is -2.17. The van der Waals surface area contributed by atoms with Crippen molar-refractivity contribution in [1.82, 2.24) is 9.97 Å². The van der Waals surface area contributed by atoms with E-state index >= 15 is 0 Å². The summed E-state index contributed by atoms with van der Waals surface area (Å²) < 4.78 is 40.0. The van der Waals surface area contributed by atoms with E-state index in [0.29, 0.717) is 39.3 Å². The van der Waals surface area contributed by atoms with Gasteiger partial charge in [0.25, 0.3) is 15.9 Å². The molecule has 1 amide bonds. The van der Waals surface area contributed by atoms with Gasteiger partial charge in [-0.25, -0.2) is 18.4 Å². The second-order valence-corrected chi connectivity index (χ2v) is 10.9. The third-order valence-electron chi connectivity index (χ3n) is 6.27. The summed E-state index contributed by atoms with van der Waals surface area (Å²) in [5.41, 5.74) is 2.80. The van der Waals surface area contributed by atoms with Crippen LogP contribution < -0.4 is 24.8 Å². The van der Waals surface area contributed by atoms with Crippen molar-refractivity contribution in [3.63, 3.8) is 0 Å². The molecule has 0 fully saturated rings. The van der Waals surface area contributed by atoms with E-state index in [2.05, 4.69) is 25.3 Å². The van der Waals surface area contributed by atoms with E-state index in [1.807, 2.05) is 0 Å². The van der Waals surface area contributed by atoms with Gasteiger partial charge in [-0.3, -0.25) is 9.52 Å². The Morgan fingerprint density at radius 1 is 0.786 bits per heavy atom. The number of carbonyl (C=O) groups is 1. The molecule has 0 aliphatic rings. The normalized spacial score (nSPS) is 11.1. The Bertz CT molecular complexity index is 1910. The molecule has 0 saturated heterocycles. The largest absolute Gasteiger partial charge is 0.508 e. The second kappa shape index (κ2) is 11.6. The number of para-hydroxylation sites is 2. The van der Waals surface area contributed by atoms with E-state index in [0.717, 1.165) is 0 Å². The van der Waals surface area contributed by atoms with Crippen molar-refractivity contribution in [2.45, 2.75) is 11.8 Å². The van der Waals surface area contributed by atoms with E-state index in [-0.39, 0.29) is 28.0 Å². The van der Waals surface area contributed by atoms with Crippen molar-refractivity contribution in [3.8, 4) is 17.2 Å². The first kappa shape index (κ1) is 28.2.